The summed E-state index contributed by atoms with van der Waals surface area (Å²) in [5, 5.41) is 13.8. The Morgan fingerprint density at radius 3 is 2.23 bits per heavy atom. The fourth-order valence-electron chi connectivity index (χ4n) is 4.33. The van der Waals surface area contributed by atoms with Crippen molar-refractivity contribution >= 4 is 48.7 Å². The number of hydrogen-bond acceptors (Lipinski definition) is 1. The molecule has 0 aliphatic carbocycles. The van der Waals surface area contributed by atoms with Gasteiger partial charge in [-0.05, 0) is 40.1 Å². The molecule has 0 unspecified atom stereocenters. The molecule has 0 spiro atoms. The summed E-state index contributed by atoms with van der Waals surface area (Å²) in [6.07, 6.45) is 2.15. The molecule has 2 aromatic heterocycles. The lowest BCUT2D eigenvalue weighted by atomic mass is 9.97. The molecule has 0 bridgehead atoms. The highest BCUT2D eigenvalue weighted by atomic mass is 15.2. The average molecular weight is 332 g/mol. The Labute approximate surface area is 150 Å². The molecule has 6 rings (SSSR count). The molecule has 0 saturated heterocycles. The molecule has 2 heteroatoms. The minimum absolute atomic E-state index is 1.05. The van der Waals surface area contributed by atoms with Gasteiger partial charge >= 0.3 is 0 Å². The van der Waals surface area contributed by atoms with Crippen LogP contribution in [0.2, 0.25) is 0 Å². The summed E-state index contributed by atoms with van der Waals surface area (Å²) < 4.78 is 2.06. The van der Waals surface area contributed by atoms with Crippen molar-refractivity contribution in [3.63, 3.8) is 0 Å². The first-order valence-corrected chi connectivity index (χ1v) is 8.92. The molecule has 122 valence electrons. The molecule has 0 aliphatic heterocycles. The fraction of sp³-hybridized carbons (Fsp3) is 0.0417. The molecule has 0 amide bonds. The highest BCUT2D eigenvalue weighted by Gasteiger charge is 2.14. The molecular formula is C24H16N2. The van der Waals surface area contributed by atoms with Gasteiger partial charge in [0.25, 0.3) is 0 Å². The molecule has 0 radical (unpaired) electrons. The highest BCUT2D eigenvalue weighted by molar-refractivity contribution is 6.27. The summed E-state index contributed by atoms with van der Waals surface area (Å²) in [5.74, 6) is 0. The van der Waals surface area contributed by atoms with Gasteiger partial charge in [-0.2, -0.15) is 5.10 Å². The summed E-state index contributed by atoms with van der Waals surface area (Å²) >= 11 is 0. The number of fused-ring (bicyclic) bond motifs is 9. The van der Waals surface area contributed by atoms with Crippen LogP contribution in [0.1, 0.15) is 5.56 Å². The second kappa shape index (κ2) is 4.83. The second-order valence-electron chi connectivity index (χ2n) is 7.00. The molecular weight excluding hydrogens is 316 g/mol. The van der Waals surface area contributed by atoms with Crippen LogP contribution in [0.5, 0.6) is 0 Å². The van der Waals surface area contributed by atoms with Crippen molar-refractivity contribution in [1.82, 2.24) is 9.61 Å². The lowest BCUT2D eigenvalue weighted by Gasteiger charge is -2.08. The van der Waals surface area contributed by atoms with Gasteiger partial charge in [0, 0.05) is 22.4 Å². The Balaban J connectivity index is 2.01. The number of rotatable bonds is 0. The number of aryl methyl sites for hydroxylation is 1. The van der Waals surface area contributed by atoms with Crippen LogP contribution in [-0.4, -0.2) is 9.61 Å². The van der Waals surface area contributed by atoms with Gasteiger partial charge in [-0.1, -0.05) is 66.7 Å². The van der Waals surface area contributed by atoms with E-state index in [2.05, 4.69) is 90.4 Å². The third-order valence-electron chi connectivity index (χ3n) is 5.49. The molecule has 0 saturated carbocycles. The van der Waals surface area contributed by atoms with Crippen LogP contribution in [0, 0.1) is 6.92 Å². The first kappa shape index (κ1) is 13.9. The summed E-state index contributed by atoms with van der Waals surface area (Å²) in [4.78, 5) is 0. The molecule has 6 aromatic rings. The Kier molecular flexibility index (Phi) is 2.57. The Hall–Kier alpha value is -3.39. The first-order valence-electron chi connectivity index (χ1n) is 8.92. The van der Waals surface area contributed by atoms with E-state index in [1.54, 1.807) is 0 Å². The lowest BCUT2D eigenvalue weighted by Crippen LogP contribution is -1.90. The van der Waals surface area contributed by atoms with Gasteiger partial charge in [0.1, 0.15) is 0 Å². The van der Waals surface area contributed by atoms with Gasteiger partial charge in [-0.15, -0.1) is 0 Å². The zero-order valence-electron chi connectivity index (χ0n) is 14.4. The highest BCUT2D eigenvalue weighted by Crippen LogP contribution is 2.37. The van der Waals surface area contributed by atoms with Crippen molar-refractivity contribution in [3.8, 4) is 0 Å². The SMILES string of the molecule is Cc1cn2nc3ccc4ccc5ccccc5c4c3c2c2ccccc12. The van der Waals surface area contributed by atoms with Gasteiger partial charge in [-0.25, -0.2) is 4.52 Å². The van der Waals surface area contributed by atoms with E-state index in [1.807, 2.05) is 0 Å². The molecule has 26 heavy (non-hydrogen) atoms. The zero-order valence-corrected chi connectivity index (χ0v) is 14.4. The van der Waals surface area contributed by atoms with Crippen LogP contribution < -0.4 is 0 Å². The van der Waals surface area contributed by atoms with Crippen LogP contribution in [0.3, 0.4) is 0 Å². The standard InChI is InChI=1S/C24H16N2/c1-15-14-26-24(20-9-5-4-7-18(15)20)23-21(25-26)13-12-17-11-10-16-6-2-3-8-19(16)22(17)23/h2-14H,1H3. The maximum atomic E-state index is 4.90. The number of aromatic nitrogens is 2. The fourth-order valence-corrected chi connectivity index (χ4v) is 4.33. The van der Waals surface area contributed by atoms with Crippen LogP contribution in [0.25, 0.3) is 48.7 Å². The number of hydrogen-bond donors (Lipinski definition) is 0. The topological polar surface area (TPSA) is 17.3 Å². The minimum atomic E-state index is 1.05. The normalized spacial score (nSPS) is 12.0. The third-order valence-corrected chi connectivity index (χ3v) is 5.49. The maximum Gasteiger partial charge on any atom is 0.0940 e. The van der Waals surface area contributed by atoms with Crippen molar-refractivity contribution in [2.45, 2.75) is 6.92 Å². The van der Waals surface area contributed by atoms with Crippen molar-refractivity contribution in [2.75, 3.05) is 0 Å². The van der Waals surface area contributed by atoms with E-state index in [0.717, 1.165) is 5.52 Å². The van der Waals surface area contributed by atoms with E-state index < -0.39 is 0 Å². The number of nitrogens with zero attached hydrogens (tertiary/aromatic N) is 2. The third kappa shape index (κ3) is 1.68. The number of pyridine rings is 1. The molecule has 2 nitrogen and oxygen atoms in total. The molecule has 2 heterocycles. The van der Waals surface area contributed by atoms with Gasteiger partial charge in [0.15, 0.2) is 0 Å². The molecule has 0 atom stereocenters. The first-order chi connectivity index (χ1) is 12.8. The van der Waals surface area contributed by atoms with Crippen LogP contribution in [0.4, 0.5) is 0 Å². The largest absolute Gasteiger partial charge is 0.239 e. The van der Waals surface area contributed by atoms with Crippen molar-refractivity contribution in [3.05, 3.63) is 84.6 Å². The van der Waals surface area contributed by atoms with E-state index >= 15 is 0 Å². The summed E-state index contributed by atoms with van der Waals surface area (Å²) in [6.45, 7) is 2.15. The monoisotopic (exact) mass is 332 g/mol. The van der Waals surface area contributed by atoms with Gasteiger partial charge < -0.3 is 0 Å². The Morgan fingerprint density at radius 1 is 0.654 bits per heavy atom. The van der Waals surface area contributed by atoms with E-state index in [1.165, 1.54) is 48.8 Å². The summed E-state index contributed by atoms with van der Waals surface area (Å²) in [7, 11) is 0. The van der Waals surface area contributed by atoms with E-state index in [0.29, 0.717) is 0 Å². The molecule has 4 aromatic carbocycles. The van der Waals surface area contributed by atoms with Crippen molar-refractivity contribution in [2.24, 2.45) is 0 Å². The second-order valence-corrected chi connectivity index (χ2v) is 7.00. The van der Waals surface area contributed by atoms with E-state index in [4.69, 9.17) is 5.10 Å². The lowest BCUT2D eigenvalue weighted by molar-refractivity contribution is 0.979. The van der Waals surface area contributed by atoms with Crippen molar-refractivity contribution < 1.29 is 0 Å². The van der Waals surface area contributed by atoms with Crippen molar-refractivity contribution in [1.29, 1.82) is 0 Å². The smallest absolute Gasteiger partial charge is 0.0940 e. The summed E-state index contributed by atoms with van der Waals surface area (Å²) in [6, 6.07) is 26.0. The Bertz CT molecular complexity index is 1490. The van der Waals surface area contributed by atoms with Crippen LogP contribution in [0.15, 0.2) is 79.0 Å². The van der Waals surface area contributed by atoms with E-state index in [9.17, 15) is 0 Å². The van der Waals surface area contributed by atoms with Crippen LogP contribution >= 0.6 is 0 Å². The van der Waals surface area contributed by atoms with Gasteiger partial charge in [-0.3, -0.25) is 0 Å². The number of benzene rings is 4. The molecule has 0 aliphatic rings. The average Bonchev–Trinajstić information content (AvgIpc) is 3.06. The minimum Gasteiger partial charge on any atom is -0.239 e. The Morgan fingerprint density at radius 2 is 1.35 bits per heavy atom. The predicted molar refractivity (Wildman–Crippen MR) is 110 cm³/mol. The maximum absolute atomic E-state index is 4.90. The summed E-state index contributed by atoms with van der Waals surface area (Å²) in [5.41, 5.74) is 3.49. The van der Waals surface area contributed by atoms with E-state index in [-0.39, 0.29) is 0 Å². The predicted octanol–water partition coefficient (Wildman–Crippen LogP) is 6.26. The molecule has 0 fully saturated rings. The van der Waals surface area contributed by atoms with Gasteiger partial charge in [0.2, 0.25) is 0 Å². The van der Waals surface area contributed by atoms with Crippen LogP contribution in [-0.2, 0) is 0 Å². The molecule has 0 N–H and O–H groups in total. The quantitative estimate of drug-likeness (QED) is 0.300. The zero-order chi connectivity index (χ0) is 17.3. The van der Waals surface area contributed by atoms with Gasteiger partial charge in [0.05, 0.1) is 11.0 Å².